The maximum atomic E-state index is 12.2. The Morgan fingerprint density at radius 1 is 1.40 bits per heavy atom. The Balaban J connectivity index is 2.51. The van der Waals surface area contributed by atoms with Crippen LogP contribution in [-0.2, 0) is 11.2 Å². The molecular formula is C15H23N3O2. The molecule has 0 radical (unpaired) electrons. The monoisotopic (exact) mass is 277 g/mol. The number of hydrogen-bond acceptors (Lipinski definition) is 3. The van der Waals surface area contributed by atoms with Gasteiger partial charge in [0, 0.05) is 25.4 Å². The van der Waals surface area contributed by atoms with Crippen molar-refractivity contribution in [1.29, 1.82) is 0 Å². The lowest BCUT2D eigenvalue weighted by atomic mass is 10.1. The Hall–Kier alpha value is -2.04. The van der Waals surface area contributed by atoms with Crippen molar-refractivity contribution >= 4 is 11.7 Å². The van der Waals surface area contributed by atoms with Crippen LogP contribution >= 0.6 is 0 Å². The molecule has 5 nitrogen and oxygen atoms in total. The molecule has 1 unspecified atom stereocenters. The zero-order valence-corrected chi connectivity index (χ0v) is 12.1. The van der Waals surface area contributed by atoms with Gasteiger partial charge in [-0.2, -0.15) is 0 Å². The van der Waals surface area contributed by atoms with Gasteiger partial charge in [0.05, 0.1) is 0 Å². The van der Waals surface area contributed by atoms with E-state index in [1.54, 1.807) is 4.90 Å². The number of amidine groups is 1. The molecule has 1 rings (SSSR count). The minimum Gasteiger partial charge on any atom is -0.409 e. The van der Waals surface area contributed by atoms with Gasteiger partial charge >= 0.3 is 0 Å². The van der Waals surface area contributed by atoms with Gasteiger partial charge in [0.2, 0.25) is 5.91 Å². The first kappa shape index (κ1) is 16.0. The maximum absolute atomic E-state index is 12.2. The van der Waals surface area contributed by atoms with E-state index in [0.29, 0.717) is 19.5 Å². The van der Waals surface area contributed by atoms with Crippen LogP contribution in [0.2, 0.25) is 0 Å². The third-order valence-corrected chi connectivity index (χ3v) is 3.32. The summed E-state index contributed by atoms with van der Waals surface area (Å²) in [6, 6.07) is 9.93. The molecule has 0 aliphatic rings. The van der Waals surface area contributed by atoms with Crippen LogP contribution < -0.4 is 5.73 Å². The number of oxime groups is 1. The zero-order valence-electron chi connectivity index (χ0n) is 12.1. The highest BCUT2D eigenvalue weighted by molar-refractivity contribution is 5.83. The highest BCUT2D eigenvalue weighted by Gasteiger charge is 2.17. The van der Waals surface area contributed by atoms with Gasteiger partial charge in [-0.3, -0.25) is 4.79 Å². The molecule has 110 valence electrons. The minimum absolute atomic E-state index is 0.0916. The molecule has 0 fully saturated rings. The summed E-state index contributed by atoms with van der Waals surface area (Å²) in [5, 5.41) is 11.6. The van der Waals surface area contributed by atoms with Gasteiger partial charge in [-0.15, -0.1) is 0 Å². The molecule has 0 spiro atoms. The fraction of sp³-hybridized carbons (Fsp3) is 0.467. The average molecular weight is 277 g/mol. The second-order valence-electron chi connectivity index (χ2n) is 4.84. The predicted molar refractivity (Wildman–Crippen MR) is 79.6 cm³/mol. The Morgan fingerprint density at radius 2 is 2.05 bits per heavy atom. The Kier molecular flexibility index (Phi) is 6.56. The summed E-state index contributed by atoms with van der Waals surface area (Å²) in [5.41, 5.74) is 6.70. The quantitative estimate of drug-likeness (QED) is 0.345. The van der Waals surface area contributed by atoms with Crippen LogP contribution in [0.1, 0.15) is 25.8 Å². The number of nitrogens with two attached hydrogens (primary N) is 1. The number of hydrogen-bond donors (Lipinski definition) is 2. The molecular weight excluding hydrogens is 254 g/mol. The molecule has 0 aromatic heterocycles. The number of aryl methyl sites for hydroxylation is 1. The van der Waals surface area contributed by atoms with Crippen molar-refractivity contribution in [2.75, 3.05) is 13.1 Å². The predicted octanol–water partition coefficient (Wildman–Crippen LogP) is 1.85. The van der Waals surface area contributed by atoms with Crippen molar-refractivity contribution in [3.8, 4) is 0 Å². The molecule has 0 bridgehead atoms. The lowest BCUT2D eigenvalue weighted by Gasteiger charge is -2.24. The highest BCUT2D eigenvalue weighted by Crippen LogP contribution is 2.07. The molecule has 0 aliphatic carbocycles. The van der Waals surface area contributed by atoms with E-state index in [2.05, 4.69) is 5.16 Å². The molecule has 0 aliphatic heterocycles. The van der Waals surface area contributed by atoms with E-state index in [-0.39, 0.29) is 17.7 Å². The fourth-order valence-corrected chi connectivity index (χ4v) is 1.98. The van der Waals surface area contributed by atoms with Gasteiger partial charge in [-0.1, -0.05) is 42.4 Å². The first-order chi connectivity index (χ1) is 9.58. The van der Waals surface area contributed by atoms with Gasteiger partial charge in [0.1, 0.15) is 5.84 Å². The molecule has 20 heavy (non-hydrogen) atoms. The lowest BCUT2D eigenvalue weighted by molar-refractivity contribution is -0.131. The third kappa shape index (κ3) is 4.91. The summed E-state index contributed by atoms with van der Waals surface area (Å²) < 4.78 is 0. The summed E-state index contributed by atoms with van der Waals surface area (Å²) in [6.45, 7) is 4.86. The van der Waals surface area contributed by atoms with Gasteiger partial charge < -0.3 is 15.8 Å². The van der Waals surface area contributed by atoms with Crippen LogP contribution in [0.15, 0.2) is 35.5 Å². The number of rotatable bonds is 7. The maximum Gasteiger partial charge on any atom is 0.222 e. The van der Waals surface area contributed by atoms with E-state index in [1.165, 1.54) is 0 Å². The molecule has 0 saturated heterocycles. The minimum atomic E-state index is -0.152. The summed E-state index contributed by atoms with van der Waals surface area (Å²) in [6.07, 6.45) is 1.20. The number of carbonyl (C=O) groups excluding carboxylic acids is 1. The molecule has 1 aromatic carbocycles. The van der Waals surface area contributed by atoms with Crippen molar-refractivity contribution < 1.29 is 10.0 Å². The molecule has 1 amide bonds. The van der Waals surface area contributed by atoms with Crippen molar-refractivity contribution in [1.82, 2.24) is 4.90 Å². The Bertz CT molecular complexity index is 446. The molecule has 3 N–H and O–H groups in total. The first-order valence-corrected chi connectivity index (χ1v) is 6.87. The van der Waals surface area contributed by atoms with Crippen LogP contribution in [0.3, 0.4) is 0 Å². The van der Waals surface area contributed by atoms with Crippen molar-refractivity contribution in [3.63, 3.8) is 0 Å². The number of carbonyl (C=O) groups is 1. The Labute approximate surface area is 120 Å². The summed E-state index contributed by atoms with van der Waals surface area (Å²) in [7, 11) is 0. The largest absolute Gasteiger partial charge is 0.409 e. The number of amides is 1. The normalized spacial score (nSPS) is 13.0. The summed E-state index contributed by atoms with van der Waals surface area (Å²) in [5.74, 6) is 0.0916. The smallest absolute Gasteiger partial charge is 0.222 e. The average Bonchev–Trinajstić information content (AvgIpc) is 2.50. The topological polar surface area (TPSA) is 78.9 Å². The molecule has 0 heterocycles. The van der Waals surface area contributed by atoms with Crippen LogP contribution in [0.25, 0.3) is 0 Å². The standard InChI is InChI=1S/C15H23N3O2/c1-3-18(11-12(2)15(16)17-20)14(19)10-9-13-7-5-4-6-8-13/h4-8,12,20H,3,9-11H2,1-2H3,(H2,16,17). The highest BCUT2D eigenvalue weighted by atomic mass is 16.4. The van der Waals surface area contributed by atoms with Crippen LogP contribution in [0.4, 0.5) is 0 Å². The molecule has 0 saturated carbocycles. The van der Waals surface area contributed by atoms with E-state index in [1.807, 2.05) is 44.2 Å². The molecule has 1 atom stereocenters. The van der Waals surface area contributed by atoms with E-state index < -0.39 is 0 Å². The van der Waals surface area contributed by atoms with Crippen LogP contribution in [0, 0.1) is 5.92 Å². The van der Waals surface area contributed by atoms with E-state index >= 15 is 0 Å². The second kappa shape index (κ2) is 8.19. The van der Waals surface area contributed by atoms with E-state index in [0.717, 1.165) is 12.0 Å². The van der Waals surface area contributed by atoms with Gasteiger partial charge in [0.25, 0.3) is 0 Å². The molecule has 1 aromatic rings. The lowest BCUT2D eigenvalue weighted by Crippen LogP contribution is -2.38. The first-order valence-electron chi connectivity index (χ1n) is 6.87. The van der Waals surface area contributed by atoms with Gasteiger partial charge in [0.15, 0.2) is 0 Å². The van der Waals surface area contributed by atoms with E-state index in [9.17, 15) is 4.79 Å². The van der Waals surface area contributed by atoms with Crippen LogP contribution in [0.5, 0.6) is 0 Å². The van der Waals surface area contributed by atoms with E-state index in [4.69, 9.17) is 10.9 Å². The number of nitrogens with zero attached hydrogens (tertiary/aromatic N) is 2. The summed E-state index contributed by atoms with van der Waals surface area (Å²) >= 11 is 0. The fourth-order valence-electron chi connectivity index (χ4n) is 1.98. The van der Waals surface area contributed by atoms with Gasteiger partial charge in [-0.05, 0) is 18.9 Å². The third-order valence-electron chi connectivity index (χ3n) is 3.32. The van der Waals surface area contributed by atoms with Gasteiger partial charge in [-0.25, -0.2) is 0 Å². The zero-order chi connectivity index (χ0) is 15.0. The SMILES string of the molecule is CCN(CC(C)C(N)=NO)C(=O)CCc1ccccc1. The van der Waals surface area contributed by atoms with Crippen molar-refractivity contribution in [2.24, 2.45) is 16.8 Å². The molecule has 5 heteroatoms. The second-order valence-corrected chi connectivity index (χ2v) is 4.84. The Morgan fingerprint density at radius 3 is 2.60 bits per heavy atom. The number of benzene rings is 1. The van der Waals surface area contributed by atoms with Crippen LogP contribution in [-0.4, -0.2) is 34.9 Å². The summed E-state index contributed by atoms with van der Waals surface area (Å²) in [4.78, 5) is 13.9. The van der Waals surface area contributed by atoms with Crippen molar-refractivity contribution in [3.05, 3.63) is 35.9 Å². The van der Waals surface area contributed by atoms with Crippen molar-refractivity contribution in [2.45, 2.75) is 26.7 Å².